The van der Waals surface area contributed by atoms with Crippen molar-refractivity contribution in [3.05, 3.63) is 0 Å². The van der Waals surface area contributed by atoms with Crippen LogP contribution in [0.5, 0.6) is 0 Å². The maximum absolute atomic E-state index is 14.3. The van der Waals surface area contributed by atoms with Crippen LogP contribution >= 0.6 is 0 Å². The second-order valence-electron chi connectivity index (χ2n) is 5.74. The number of aliphatic imine (C=N–C) groups is 1. The molecule has 15 heavy (non-hydrogen) atoms. The topological polar surface area (TPSA) is 29.4 Å². The molecule has 0 N–H and O–H groups in total. The van der Waals surface area contributed by atoms with Gasteiger partial charge in [-0.3, -0.25) is 0 Å². The van der Waals surface area contributed by atoms with E-state index in [9.17, 15) is 13.6 Å². The van der Waals surface area contributed by atoms with Crippen molar-refractivity contribution in [1.29, 1.82) is 0 Å². The number of hydrogen-bond donors (Lipinski definition) is 0. The van der Waals surface area contributed by atoms with Gasteiger partial charge in [-0.25, -0.2) is 13.6 Å². The van der Waals surface area contributed by atoms with Crippen LogP contribution in [0.3, 0.4) is 0 Å². The predicted octanol–water partition coefficient (Wildman–Crippen LogP) is 2.48. The normalized spacial score (nSPS) is 56.5. The summed E-state index contributed by atoms with van der Waals surface area (Å²) in [5.41, 5.74) is -3.62. The molecule has 2 nitrogen and oxygen atoms in total. The van der Waals surface area contributed by atoms with Gasteiger partial charge in [0.1, 0.15) is 11.3 Å². The molecule has 4 rings (SSSR count). The van der Waals surface area contributed by atoms with E-state index in [2.05, 4.69) is 4.99 Å². The standard InChI is InChI=1S/C11H13F2NO/c12-9-1-8-2-10(13,4-9)6-11(3-8,5-9)14-7-15/h8H,1-6H2. The van der Waals surface area contributed by atoms with Gasteiger partial charge in [-0.05, 0) is 25.2 Å². The van der Waals surface area contributed by atoms with E-state index in [1.165, 1.54) is 6.08 Å². The molecular formula is C11H13F2NO. The Labute approximate surface area is 86.8 Å². The maximum atomic E-state index is 14.3. The largest absolute Gasteiger partial charge is 0.244 e. The molecule has 0 aromatic rings. The molecule has 4 aliphatic rings. The lowest BCUT2D eigenvalue weighted by atomic mass is 9.50. The number of hydrogen-bond acceptors (Lipinski definition) is 2. The van der Waals surface area contributed by atoms with Gasteiger partial charge >= 0.3 is 0 Å². The second-order valence-corrected chi connectivity index (χ2v) is 5.74. The average Bonchev–Trinajstić information content (AvgIpc) is 1.94. The zero-order valence-corrected chi connectivity index (χ0v) is 8.43. The summed E-state index contributed by atoms with van der Waals surface area (Å²) in [5, 5.41) is 0. The van der Waals surface area contributed by atoms with Crippen molar-refractivity contribution in [2.24, 2.45) is 10.9 Å². The summed E-state index contributed by atoms with van der Waals surface area (Å²) >= 11 is 0. The Morgan fingerprint density at radius 1 is 1.07 bits per heavy atom. The average molecular weight is 213 g/mol. The Bertz CT molecular complexity index is 346. The Kier molecular flexibility index (Phi) is 1.57. The number of halogens is 2. The predicted molar refractivity (Wildman–Crippen MR) is 49.7 cm³/mol. The van der Waals surface area contributed by atoms with E-state index in [0.29, 0.717) is 19.3 Å². The molecule has 0 aromatic carbocycles. The van der Waals surface area contributed by atoms with Gasteiger partial charge in [0.2, 0.25) is 6.08 Å². The molecule has 4 heteroatoms. The molecule has 2 atom stereocenters. The lowest BCUT2D eigenvalue weighted by molar-refractivity contribution is -0.142. The van der Waals surface area contributed by atoms with Gasteiger partial charge in [-0.2, -0.15) is 4.99 Å². The second kappa shape index (κ2) is 2.49. The SMILES string of the molecule is O=C=NC12CC3CC(F)(CC(F)(C3)C1)C2. The van der Waals surface area contributed by atoms with Crippen LogP contribution in [-0.2, 0) is 4.79 Å². The molecule has 4 fully saturated rings. The summed E-state index contributed by atoms with van der Waals surface area (Å²) in [6, 6.07) is 0. The third kappa shape index (κ3) is 1.27. The van der Waals surface area contributed by atoms with Crippen LogP contribution in [0.2, 0.25) is 0 Å². The highest BCUT2D eigenvalue weighted by atomic mass is 19.2. The molecule has 0 radical (unpaired) electrons. The first-order valence-electron chi connectivity index (χ1n) is 5.44. The molecule has 0 aromatic heterocycles. The van der Waals surface area contributed by atoms with E-state index in [-0.39, 0.29) is 25.2 Å². The molecule has 0 heterocycles. The maximum Gasteiger partial charge on any atom is 0.235 e. The minimum atomic E-state index is -1.42. The molecule has 0 aliphatic heterocycles. The summed E-state index contributed by atoms with van der Waals surface area (Å²) in [6.45, 7) is 0. The van der Waals surface area contributed by atoms with E-state index in [1.807, 2.05) is 0 Å². The highest BCUT2D eigenvalue weighted by Gasteiger charge is 2.65. The third-order valence-corrected chi connectivity index (χ3v) is 4.19. The number of alkyl halides is 2. The molecule has 4 bridgehead atoms. The first-order valence-corrected chi connectivity index (χ1v) is 5.44. The zero-order chi connectivity index (χ0) is 10.7. The van der Waals surface area contributed by atoms with Crippen molar-refractivity contribution < 1.29 is 13.6 Å². The summed E-state index contributed by atoms with van der Waals surface area (Å²) in [4.78, 5) is 14.1. The highest BCUT2D eigenvalue weighted by molar-refractivity contribution is 5.36. The van der Waals surface area contributed by atoms with Crippen molar-refractivity contribution in [2.45, 2.75) is 55.4 Å². The molecule has 82 valence electrons. The molecule has 4 saturated carbocycles. The lowest BCUT2D eigenvalue weighted by Crippen LogP contribution is -2.62. The summed E-state index contributed by atoms with van der Waals surface area (Å²) in [5.74, 6) is 0.0633. The quantitative estimate of drug-likeness (QED) is 0.486. The smallest absolute Gasteiger partial charge is 0.235 e. The van der Waals surface area contributed by atoms with Crippen LogP contribution in [0.4, 0.5) is 8.78 Å². The minimum Gasteiger partial charge on any atom is -0.244 e. The van der Waals surface area contributed by atoms with Gasteiger partial charge < -0.3 is 0 Å². The summed E-state index contributed by atoms with van der Waals surface area (Å²) < 4.78 is 28.5. The number of nitrogens with zero attached hydrogens (tertiary/aromatic N) is 1. The van der Waals surface area contributed by atoms with Gasteiger partial charge in [0.25, 0.3) is 0 Å². The zero-order valence-electron chi connectivity index (χ0n) is 8.43. The van der Waals surface area contributed by atoms with Crippen molar-refractivity contribution in [3.8, 4) is 0 Å². The van der Waals surface area contributed by atoms with Gasteiger partial charge in [0, 0.05) is 19.3 Å². The Hall–Kier alpha value is -0.760. The number of rotatable bonds is 1. The molecule has 2 unspecified atom stereocenters. The third-order valence-electron chi connectivity index (χ3n) is 4.19. The molecule has 0 saturated heterocycles. The van der Waals surface area contributed by atoms with Crippen LogP contribution in [0.15, 0.2) is 4.99 Å². The van der Waals surface area contributed by atoms with E-state index in [4.69, 9.17) is 0 Å². The van der Waals surface area contributed by atoms with E-state index < -0.39 is 16.9 Å². The number of isocyanates is 1. The first kappa shape index (κ1) is 9.46. The van der Waals surface area contributed by atoms with Gasteiger partial charge in [0.05, 0.1) is 5.54 Å². The van der Waals surface area contributed by atoms with Crippen LogP contribution in [0, 0.1) is 5.92 Å². The van der Waals surface area contributed by atoms with Crippen LogP contribution < -0.4 is 0 Å². The van der Waals surface area contributed by atoms with Crippen molar-refractivity contribution in [3.63, 3.8) is 0 Å². The van der Waals surface area contributed by atoms with E-state index in [1.54, 1.807) is 0 Å². The van der Waals surface area contributed by atoms with E-state index in [0.717, 1.165) is 0 Å². The molecule has 0 amide bonds. The fourth-order valence-corrected chi connectivity index (χ4v) is 4.38. The Morgan fingerprint density at radius 3 is 2.13 bits per heavy atom. The molecular weight excluding hydrogens is 200 g/mol. The van der Waals surface area contributed by atoms with Crippen molar-refractivity contribution in [2.75, 3.05) is 0 Å². The van der Waals surface area contributed by atoms with Crippen molar-refractivity contribution >= 4 is 6.08 Å². The first-order chi connectivity index (χ1) is 6.97. The summed E-state index contributed by atoms with van der Waals surface area (Å²) in [7, 11) is 0. The monoisotopic (exact) mass is 213 g/mol. The van der Waals surface area contributed by atoms with Crippen LogP contribution in [0.1, 0.15) is 38.5 Å². The van der Waals surface area contributed by atoms with Crippen LogP contribution in [-0.4, -0.2) is 23.0 Å². The van der Waals surface area contributed by atoms with Crippen LogP contribution in [0.25, 0.3) is 0 Å². The molecule has 0 spiro atoms. The number of carbonyl (C=O) groups excluding carboxylic acids is 1. The fraction of sp³-hybridized carbons (Fsp3) is 0.909. The minimum absolute atomic E-state index is 0.00657. The van der Waals surface area contributed by atoms with Gasteiger partial charge in [0.15, 0.2) is 0 Å². The Balaban J connectivity index is 2.05. The van der Waals surface area contributed by atoms with Gasteiger partial charge in [-0.1, -0.05) is 0 Å². The molecule has 4 aliphatic carbocycles. The lowest BCUT2D eigenvalue weighted by Gasteiger charge is -2.59. The van der Waals surface area contributed by atoms with Crippen molar-refractivity contribution in [1.82, 2.24) is 0 Å². The summed E-state index contributed by atoms with van der Waals surface area (Å²) in [6.07, 6.45) is 3.52. The van der Waals surface area contributed by atoms with Gasteiger partial charge in [-0.15, -0.1) is 0 Å². The highest BCUT2D eigenvalue weighted by Crippen LogP contribution is 2.63. The Morgan fingerprint density at radius 2 is 1.67 bits per heavy atom. The van der Waals surface area contributed by atoms with E-state index >= 15 is 0 Å². The fourth-order valence-electron chi connectivity index (χ4n) is 4.38.